The summed E-state index contributed by atoms with van der Waals surface area (Å²) < 4.78 is 0. The molecule has 0 saturated heterocycles. The first-order valence-corrected chi connectivity index (χ1v) is 5.31. The van der Waals surface area contributed by atoms with Crippen LogP contribution in [-0.4, -0.2) is 16.6 Å². The fraction of sp³-hybridized carbons (Fsp3) is 0.667. The van der Waals surface area contributed by atoms with Gasteiger partial charge in [-0.1, -0.05) is 6.92 Å². The molecule has 0 fully saturated rings. The van der Waals surface area contributed by atoms with Gasteiger partial charge in [0, 0.05) is 17.0 Å². The van der Waals surface area contributed by atoms with E-state index in [0.717, 1.165) is 16.3 Å². The Morgan fingerprint density at radius 3 is 2.77 bits per heavy atom. The van der Waals surface area contributed by atoms with Gasteiger partial charge in [-0.15, -0.1) is 11.3 Å². The summed E-state index contributed by atoms with van der Waals surface area (Å²) in [6.07, 6.45) is 2.18. The number of aliphatic hydroxyl groups is 1. The van der Waals surface area contributed by atoms with Gasteiger partial charge in [0.05, 0.1) is 0 Å². The minimum absolute atomic E-state index is 0.130. The maximum absolute atomic E-state index is 9.86. The molecule has 0 saturated carbocycles. The summed E-state index contributed by atoms with van der Waals surface area (Å²) in [5.41, 5.74) is 5.55. The summed E-state index contributed by atoms with van der Waals surface area (Å²) in [7, 11) is 0. The van der Waals surface area contributed by atoms with Crippen molar-refractivity contribution < 1.29 is 5.11 Å². The fourth-order valence-electron chi connectivity index (χ4n) is 1.23. The quantitative estimate of drug-likeness (QED) is 0.773. The lowest BCUT2D eigenvalue weighted by Gasteiger charge is -2.17. The van der Waals surface area contributed by atoms with Crippen LogP contribution in [0, 0.1) is 12.8 Å². The number of nitrogens with two attached hydrogens (primary N) is 1. The molecule has 2 atom stereocenters. The van der Waals surface area contributed by atoms with E-state index in [0.29, 0.717) is 6.54 Å². The van der Waals surface area contributed by atoms with Crippen molar-refractivity contribution in [1.82, 2.24) is 4.98 Å². The second-order valence-electron chi connectivity index (χ2n) is 3.16. The van der Waals surface area contributed by atoms with Crippen LogP contribution < -0.4 is 5.73 Å². The number of aryl methyl sites for hydroxylation is 1. The lowest BCUT2D eigenvalue weighted by Crippen LogP contribution is -2.21. The molecule has 2 unspecified atom stereocenters. The molecule has 3 N–H and O–H groups in total. The largest absolute Gasteiger partial charge is 0.386 e. The van der Waals surface area contributed by atoms with Gasteiger partial charge < -0.3 is 10.8 Å². The van der Waals surface area contributed by atoms with Gasteiger partial charge in [-0.2, -0.15) is 0 Å². The Morgan fingerprint density at radius 1 is 1.69 bits per heavy atom. The van der Waals surface area contributed by atoms with E-state index in [9.17, 15) is 5.11 Å². The van der Waals surface area contributed by atoms with E-state index < -0.39 is 6.10 Å². The Hall–Kier alpha value is -0.450. The third-order valence-electron chi connectivity index (χ3n) is 2.17. The lowest BCUT2D eigenvalue weighted by molar-refractivity contribution is 0.110. The summed E-state index contributed by atoms with van der Waals surface area (Å²) in [4.78, 5) is 5.27. The molecule has 0 aliphatic heterocycles. The highest BCUT2D eigenvalue weighted by Gasteiger charge is 2.20. The molecule has 0 radical (unpaired) electrons. The fourth-order valence-corrected chi connectivity index (χ4v) is 2.08. The first-order valence-electron chi connectivity index (χ1n) is 4.49. The van der Waals surface area contributed by atoms with E-state index in [1.54, 1.807) is 6.20 Å². The highest BCUT2D eigenvalue weighted by molar-refractivity contribution is 7.11. The molecule has 3 nitrogen and oxygen atoms in total. The molecule has 1 aromatic heterocycles. The van der Waals surface area contributed by atoms with Crippen LogP contribution in [0.5, 0.6) is 0 Å². The predicted molar refractivity (Wildman–Crippen MR) is 54.6 cm³/mol. The maximum Gasteiger partial charge on any atom is 0.122 e. The van der Waals surface area contributed by atoms with Crippen LogP contribution in [0.3, 0.4) is 0 Å². The summed E-state index contributed by atoms with van der Waals surface area (Å²) >= 11 is 1.54. The van der Waals surface area contributed by atoms with Gasteiger partial charge in [-0.3, -0.25) is 0 Å². The Morgan fingerprint density at radius 2 is 2.38 bits per heavy atom. The number of aromatic nitrogens is 1. The normalized spacial score (nSPS) is 15.7. The second-order valence-corrected chi connectivity index (χ2v) is 4.42. The van der Waals surface area contributed by atoms with Crippen molar-refractivity contribution in [3.63, 3.8) is 0 Å². The molecule has 0 aromatic carbocycles. The number of aliphatic hydroxyl groups excluding tert-OH is 1. The van der Waals surface area contributed by atoms with E-state index in [-0.39, 0.29) is 5.92 Å². The molecule has 0 amide bonds. The molecule has 1 rings (SSSR count). The molecule has 1 heterocycles. The maximum atomic E-state index is 9.86. The summed E-state index contributed by atoms with van der Waals surface area (Å²) in [6.45, 7) is 4.52. The first-order chi connectivity index (χ1) is 6.19. The zero-order chi connectivity index (χ0) is 9.84. The van der Waals surface area contributed by atoms with Gasteiger partial charge in [0.15, 0.2) is 0 Å². The van der Waals surface area contributed by atoms with Crippen molar-refractivity contribution in [2.75, 3.05) is 6.54 Å². The molecular formula is C9H16N2OS. The standard InChI is InChI=1S/C9H16N2OS/c1-3-7(4-10)8(12)9-11-5-6(2)13-9/h5,7-8,12H,3-4,10H2,1-2H3. The molecule has 13 heavy (non-hydrogen) atoms. The van der Waals surface area contributed by atoms with Crippen LogP contribution in [0.15, 0.2) is 6.20 Å². The average Bonchev–Trinajstić information content (AvgIpc) is 2.54. The van der Waals surface area contributed by atoms with Gasteiger partial charge in [0.2, 0.25) is 0 Å². The molecule has 0 spiro atoms. The van der Waals surface area contributed by atoms with E-state index in [2.05, 4.69) is 4.98 Å². The van der Waals surface area contributed by atoms with Gasteiger partial charge in [-0.05, 0) is 19.9 Å². The third-order valence-corrected chi connectivity index (χ3v) is 3.15. The van der Waals surface area contributed by atoms with Crippen LogP contribution in [0.1, 0.15) is 29.3 Å². The molecule has 74 valence electrons. The Balaban J connectivity index is 2.71. The van der Waals surface area contributed by atoms with E-state index in [1.165, 1.54) is 11.3 Å². The monoisotopic (exact) mass is 200 g/mol. The highest BCUT2D eigenvalue weighted by Crippen LogP contribution is 2.26. The zero-order valence-corrected chi connectivity index (χ0v) is 8.84. The van der Waals surface area contributed by atoms with Crippen LogP contribution in [0.2, 0.25) is 0 Å². The van der Waals surface area contributed by atoms with Crippen LogP contribution in [-0.2, 0) is 0 Å². The smallest absolute Gasteiger partial charge is 0.122 e. The molecule has 1 aromatic rings. The van der Waals surface area contributed by atoms with Crippen molar-refractivity contribution in [2.45, 2.75) is 26.4 Å². The number of nitrogens with zero attached hydrogens (tertiary/aromatic N) is 1. The molecule has 0 bridgehead atoms. The SMILES string of the molecule is CCC(CN)C(O)c1ncc(C)s1. The number of hydrogen-bond acceptors (Lipinski definition) is 4. The van der Waals surface area contributed by atoms with Crippen molar-refractivity contribution in [3.8, 4) is 0 Å². The first kappa shape index (κ1) is 10.6. The van der Waals surface area contributed by atoms with Gasteiger partial charge in [-0.25, -0.2) is 4.98 Å². The summed E-state index contributed by atoms with van der Waals surface area (Å²) in [5, 5.41) is 10.6. The van der Waals surface area contributed by atoms with Crippen LogP contribution in [0.25, 0.3) is 0 Å². The topological polar surface area (TPSA) is 59.1 Å². The van der Waals surface area contributed by atoms with Gasteiger partial charge >= 0.3 is 0 Å². The number of hydrogen-bond donors (Lipinski definition) is 2. The van der Waals surface area contributed by atoms with Crippen LogP contribution in [0.4, 0.5) is 0 Å². The third kappa shape index (κ3) is 2.49. The lowest BCUT2D eigenvalue weighted by atomic mass is 10.0. The highest BCUT2D eigenvalue weighted by atomic mass is 32.1. The summed E-state index contributed by atoms with van der Waals surface area (Å²) in [5.74, 6) is 0.130. The van der Waals surface area contributed by atoms with Crippen LogP contribution >= 0.6 is 11.3 Å². The van der Waals surface area contributed by atoms with Crippen molar-refractivity contribution >= 4 is 11.3 Å². The molecule has 4 heteroatoms. The predicted octanol–water partition coefficient (Wildman–Crippen LogP) is 1.47. The van der Waals surface area contributed by atoms with Gasteiger partial charge in [0.25, 0.3) is 0 Å². The molecule has 0 aliphatic carbocycles. The zero-order valence-electron chi connectivity index (χ0n) is 8.03. The van der Waals surface area contributed by atoms with E-state index >= 15 is 0 Å². The van der Waals surface area contributed by atoms with Gasteiger partial charge in [0.1, 0.15) is 11.1 Å². The number of thiazole rings is 1. The van der Waals surface area contributed by atoms with Crippen molar-refractivity contribution in [1.29, 1.82) is 0 Å². The molecular weight excluding hydrogens is 184 g/mol. The van der Waals surface area contributed by atoms with E-state index in [4.69, 9.17) is 5.73 Å². The Labute approximate surface area is 82.6 Å². The second kappa shape index (κ2) is 4.69. The number of rotatable bonds is 4. The average molecular weight is 200 g/mol. The Kier molecular flexibility index (Phi) is 3.84. The van der Waals surface area contributed by atoms with Crippen molar-refractivity contribution in [2.24, 2.45) is 11.7 Å². The summed E-state index contributed by atoms with van der Waals surface area (Å²) in [6, 6.07) is 0. The minimum atomic E-state index is -0.492. The van der Waals surface area contributed by atoms with Crippen molar-refractivity contribution in [3.05, 3.63) is 16.1 Å². The molecule has 0 aliphatic rings. The van der Waals surface area contributed by atoms with E-state index in [1.807, 2.05) is 13.8 Å². The minimum Gasteiger partial charge on any atom is -0.386 e. The Bertz CT molecular complexity index is 258.